The van der Waals surface area contributed by atoms with Crippen LogP contribution in [0.2, 0.25) is 0 Å². The minimum atomic E-state index is 0.00716. The average Bonchev–Trinajstić information content (AvgIpc) is 2.98. The van der Waals surface area contributed by atoms with Crippen molar-refractivity contribution in [1.29, 1.82) is 0 Å². The van der Waals surface area contributed by atoms with Gasteiger partial charge >= 0.3 is 0 Å². The lowest BCUT2D eigenvalue weighted by atomic mass is 10.3. The van der Waals surface area contributed by atoms with Gasteiger partial charge in [-0.1, -0.05) is 30.0 Å². The van der Waals surface area contributed by atoms with Gasteiger partial charge < -0.3 is 4.74 Å². The van der Waals surface area contributed by atoms with Crippen LogP contribution < -0.4 is 10.3 Å². The Morgan fingerprint density at radius 1 is 1.29 bits per heavy atom. The molecule has 108 valence electrons. The molecule has 0 spiro atoms. The number of fused-ring (bicyclic) bond motifs is 1. The molecule has 1 aromatic carbocycles. The summed E-state index contributed by atoms with van der Waals surface area (Å²) in [7, 11) is 1.76. The molecule has 0 saturated carbocycles. The van der Waals surface area contributed by atoms with Gasteiger partial charge in [0.1, 0.15) is 10.6 Å². The number of ether oxygens (including phenoxy) is 1. The van der Waals surface area contributed by atoms with Crippen LogP contribution in [0.1, 0.15) is 0 Å². The van der Waals surface area contributed by atoms with Crippen molar-refractivity contribution in [2.75, 3.05) is 12.4 Å². The zero-order valence-corrected chi connectivity index (χ0v) is 13.1. The molecule has 0 aliphatic rings. The van der Waals surface area contributed by atoms with E-state index in [4.69, 9.17) is 4.74 Å². The van der Waals surface area contributed by atoms with Crippen molar-refractivity contribution in [1.82, 2.24) is 9.55 Å². The van der Waals surface area contributed by atoms with Crippen molar-refractivity contribution in [3.8, 4) is 5.75 Å². The van der Waals surface area contributed by atoms with E-state index in [0.717, 1.165) is 21.5 Å². The van der Waals surface area contributed by atoms with Crippen LogP contribution >= 0.6 is 23.1 Å². The fourth-order valence-electron chi connectivity index (χ4n) is 1.92. The lowest BCUT2D eigenvalue weighted by Crippen LogP contribution is -2.19. The van der Waals surface area contributed by atoms with Crippen molar-refractivity contribution in [2.45, 2.75) is 5.16 Å². The van der Waals surface area contributed by atoms with Crippen LogP contribution in [0.5, 0.6) is 5.75 Å². The first-order chi connectivity index (χ1) is 10.3. The summed E-state index contributed by atoms with van der Waals surface area (Å²) < 4.78 is 7.24. The highest BCUT2D eigenvalue weighted by Crippen LogP contribution is 2.20. The maximum absolute atomic E-state index is 12.1. The minimum Gasteiger partial charge on any atom is -0.493 e. The van der Waals surface area contributed by atoms with Crippen LogP contribution in [-0.2, 0) is 7.05 Å². The van der Waals surface area contributed by atoms with E-state index in [1.165, 1.54) is 23.1 Å². The molecule has 0 amide bonds. The molecule has 2 aromatic heterocycles. The first-order valence-electron chi connectivity index (χ1n) is 6.50. The highest BCUT2D eigenvalue weighted by Gasteiger charge is 2.09. The molecule has 6 heteroatoms. The molecule has 3 aromatic rings. The third-order valence-electron chi connectivity index (χ3n) is 2.99. The lowest BCUT2D eigenvalue weighted by Gasteiger charge is -2.08. The Labute approximate surface area is 130 Å². The second-order valence-corrected chi connectivity index (χ2v) is 6.36. The van der Waals surface area contributed by atoms with E-state index < -0.39 is 0 Å². The van der Waals surface area contributed by atoms with Crippen LogP contribution in [0.4, 0.5) is 0 Å². The fraction of sp³-hybridized carbons (Fsp3) is 0.200. The third kappa shape index (κ3) is 3.11. The van der Waals surface area contributed by atoms with Gasteiger partial charge in [-0.05, 0) is 23.6 Å². The molecule has 4 nitrogen and oxygen atoms in total. The minimum absolute atomic E-state index is 0.00716. The summed E-state index contributed by atoms with van der Waals surface area (Å²) in [4.78, 5) is 17.5. The number of para-hydroxylation sites is 1. The molecular weight excluding hydrogens is 304 g/mol. The van der Waals surface area contributed by atoms with Crippen molar-refractivity contribution in [3.63, 3.8) is 0 Å². The van der Waals surface area contributed by atoms with E-state index in [-0.39, 0.29) is 5.56 Å². The second-order valence-electron chi connectivity index (χ2n) is 4.41. The van der Waals surface area contributed by atoms with Gasteiger partial charge in [0.05, 0.1) is 12.0 Å². The fourth-order valence-corrected chi connectivity index (χ4v) is 3.51. The second kappa shape index (κ2) is 6.32. The highest BCUT2D eigenvalue weighted by molar-refractivity contribution is 7.99. The summed E-state index contributed by atoms with van der Waals surface area (Å²) in [5, 5.41) is 3.31. The summed E-state index contributed by atoms with van der Waals surface area (Å²) in [6, 6.07) is 11.5. The average molecular weight is 318 g/mol. The number of rotatable bonds is 5. The topological polar surface area (TPSA) is 44.1 Å². The molecule has 0 unspecified atom stereocenters. The van der Waals surface area contributed by atoms with Gasteiger partial charge in [0.25, 0.3) is 5.56 Å². The van der Waals surface area contributed by atoms with E-state index in [1.54, 1.807) is 11.6 Å². The smallest absolute Gasteiger partial charge is 0.262 e. The van der Waals surface area contributed by atoms with Gasteiger partial charge in [-0.25, -0.2) is 4.98 Å². The number of hydrogen-bond donors (Lipinski definition) is 0. The number of hydrogen-bond acceptors (Lipinski definition) is 5. The van der Waals surface area contributed by atoms with Crippen LogP contribution in [0.3, 0.4) is 0 Å². The van der Waals surface area contributed by atoms with Gasteiger partial charge in [-0.2, -0.15) is 0 Å². The third-order valence-corrected chi connectivity index (χ3v) is 4.79. The van der Waals surface area contributed by atoms with Gasteiger partial charge in [-0.3, -0.25) is 9.36 Å². The first-order valence-corrected chi connectivity index (χ1v) is 8.37. The van der Waals surface area contributed by atoms with E-state index >= 15 is 0 Å². The maximum atomic E-state index is 12.1. The molecule has 3 rings (SSSR count). The van der Waals surface area contributed by atoms with Crippen LogP contribution in [-0.4, -0.2) is 21.9 Å². The quantitative estimate of drug-likeness (QED) is 0.412. The van der Waals surface area contributed by atoms with Crippen LogP contribution in [0.15, 0.2) is 51.7 Å². The molecule has 21 heavy (non-hydrogen) atoms. The summed E-state index contributed by atoms with van der Waals surface area (Å²) in [6.07, 6.45) is 0. The number of thioether (sulfide) groups is 1. The standard InChI is InChI=1S/C15H14N2O2S2/c1-17-14(18)12-7-9-20-13(12)16-15(17)21-10-8-19-11-5-3-2-4-6-11/h2-7,9H,8,10H2,1H3. The van der Waals surface area contributed by atoms with Crippen molar-refractivity contribution in [2.24, 2.45) is 7.05 Å². The summed E-state index contributed by atoms with van der Waals surface area (Å²) in [5.41, 5.74) is 0.00716. The predicted octanol–water partition coefficient (Wildman–Crippen LogP) is 3.17. The summed E-state index contributed by atoms with van der Waals surface area (Å²) in [6.45, 7) is 0.576. The van der Waals surface area contributed by atoms with E-state index in [0.29, 0.717) is 12.0 Å². The Kier molecular flexibility index (Phi) is 4.26. The lowest BCUT2D eigenvalue weighted by molar-refractivity contribution is 0.344. The number of thiophene rings is 1. The Balaban J connectivity index is 1.65. The molecule has 0 bridgehead atoms. The zero-order valence-electron chi connectivity index (χ0n) is 11.5. The molecule has 0 radical (unpaired) electrons. The van der Waals surface area contributed by atoms with Gasteiger partial charge in [0.15, 0.2) is 5.16 Å². The van der Waals surface area contributed by atoms with E-state index in [9.17, 15) is 4.79 Å². The summed E-state index contributed by atoms with van der Waals surface area (Å²) in [5.74, 6) is 1.60. The molecule has 0 fully saturated rings. The zero-order chi connectivity index (χ0) is 14.7. The van der Waals surface area contributed by atoms with Crippen LogP contribution in [0, 0.1) is 0 Å². The maximum Gasteiger partial charge on any atom is 0.262 e. The normalized spacial score (nSPS) is 10.9. The predicted molar refractivity (Wildman–Crippen MR) is 87.5 cm³/mol. The molecular formula is C15H14N2O2S2. The Bertz CT molecular complexity index is 796. The molecule has 0 aliphatic heterocycles. The van der Waals surface area contributed by atoms with Crippen LogP contribution in [0.25, 0.3) is 10.2 Å². The molecule has 0 N–H and O–H groups in total. The van der Waals surface area contributed by atoms with Gasteiger partial charge in [0.2, 0.25) is 0 Å². The van der Waals surface area contributed by atoms with Crippen molar-refractivity contribution in [3.05, 3.63) is 52.1 Å². The molecule has 2 heterocycles. The number of benzene rings is 1. The number of aromatic nitrogens is 2. The van der Waals surface area contributed by atoms with Crippen molar-refractivity contribution >= 4 is 33.3 Å². The SMILES string of the molecule is Cn1c(SCCOc2ccccc2)nc2sccc2c1=O. The Morgan fingerprint density at radius 2 is 2.10 bits per heavy atom. The van der Waals surface area contributed by atoms with E-state index in [1.807, 2.05) is 41.8 Å². The molecule has 0 aliphatic carbocycles. The van der Waals surface area contributed by atoms with Crippen molar-refractivity contribution < 1.29 is 4.74 Å². The Morgan fingerprint density at radius 3 is 2.90 bits per heavy atom. The first kappa shape index (κ1) is 14.2. The highest BCUT2D eigenvalue weighted by atomic mass is 32.2. The Hall–Kier alpha value is -1.79. The van der Waals surface area contributed by atoms with E-state index in [2.05, 4.69) is 4.98 Å². The van der Waals surface area contributed by atoms with Gasteiger partial charge in [0, 0.05) is 12.8 Å². The number of nitrogens with zero attached hydrogens (tertiary/aromatic N) is 2. The monoisotopic (exact) mass is 318 g/mol. The molecule has 0 atom stereocenters. The largest absolute Gasteiger partial charge is 0.493 e. The summed E-state index contributed by atoms with van der Waals surface area (Å²) >= 11 is 3.02. The molecule has 0 saturated heterocycles. The van der Waals surface area contributed by atoms with Gasteiger partial charge in [-0.15, -0.1) is 11.3 Å².